The minimum Gasteiger partial charge on any atom is -0.377 e. The third-order valence-corrected chi connectivity index (χ3v) is 2.29. The van der Waals surface area contributed by atoms with Gasteiger partial charge in [0, 0.05) is 12.4 Å². The highest BCUT2D eigenvalue weighted by atomic mass is 16.5. The van der Waals surface area contributed by atoms with Gasteiger partial charge in [0.05, 0.1) is 24.3 Å². The van der Waals surface area contributed by atoms with E-state index in [0.29, 0.717) is 18.3 Å². The maximum absolute atomic E-state index is 5.91. The molecule has 0 aliphatic rings. The highest BCUT2D eigenvalue weighted by Crippen LogP contribution is 2.17. The van der Waals surface area contributed by atoms with E-state index in [0.717, 1.165) is 5.56 Å². The molecule has 0 amide bonds. The maximum atomic E-state index is 5.91. The van der Waals surface area contributed by atoms with Crippen molar-refractivity contribution < 1.29 is 9.26 Å². The molecule has 2 aromatic rings. The first-order valence-electron chi connectivity index (χ1n) is 5.78. The molecule has 18 heavy (non-hydrogen) atoms. The lowest BCUT2D eigenvalue weighted by atomic mass is 10.3. The molecule has 0 aromatic carbocycles. The average Bonchev–Trinajstić information content (AvgIpc) is 2.86. The van der Waals surface area contributed by atoms with Gasteiger partial charge in [0.25, 0.3) is 5.89 Å². The van der Waals surface area contributed by atoms with Crippen molar-refractivity contribution in [3.05, 3.63) is 30.4 Å². The summed E-state index contributed by atoms with van der Waals surface area (Å²) in [6.45, 7) is 4.26. The van der Waals surface area contributed by atoms with Crippen molar-refractivity contribution in [2.24, 2.45) is 5.73 Å². The largest absolute Gasteiger partial charge is 0.377 e. The Bertz CT molecular complexity index is 484. The summed E-state index contributed by atoms with van der Waals surface area (Å²) in [5.74, 6) is 0.854. The van der Waals surface area contributed by atoms with E-state index in [1.807, 2.05) is 19.9 Å². The molecule has 1 atom stereocenters. The van der Waals surface area contributed by atoms with E-state index in [-0.39, 0.29) is 12.1 Å². The molecule has 0 radical (unpaired) electrons. The predicted octanol–water partition coefficient (Wildman–Crippen LogP) is 1.56. The first-order chi connectivity index (χ1) is 8.66. The van der Waals surface area contributed by atoms with Crippen LogP contribution in [0.25, 0.3) is 11.5 Å². The Labute approximate surface area is 105 Å². The fourth-order valence-electron chi connectivity index (χ4n) is 1.36. The number of hydrogen-bond donors (Lipinski definition) is 1. The molecule has 96 valence electrons. The normalized spacial score (nSPS) is 12.9. The van der Waals surface area contributed by atoms with Crippen molar-refractivity contribution in [3.8, 4) is 11.5 Å². The zero-order chi connectivity index (χ0) is 13.0. The monoisotopic (exact) mass is 248 g/mol. The molecule has 0 bridgehead atoms. The molecule has 0 fully saturated rings. The smallest absolute Gasteiger partial charge is 0.259 e. The lowest BCUT2D eigenvalue weighted by Gasteiger charge is -2.10. The van der Waals surface area contributed by atoms with Gasteiger partial charge in [-0.25, -0.2) is 0 Å². The second-order valence-corrected chi connectivity index (χ2v) is 4.19. The van der Waals surface area contributed by atoms with E-state index in [9.17, 15) is 0 Å². The minimum absolute atomic E-state index is 0.126. The van der Waals surface area contributed by atoms with Crippen LogP contribution in [0.15, 0.2) is 29.0 Å². The molecule has 2 N–H and O–H groups in total. The topological polar surface area (TPSA) is 87.1 Å². The van der Waals surface area contributed by atoms with Gasteiger partial charge in [-0.1, -0.05) is 5.16 Å². The van der Waals surface area contributed by atoms with Gasteiger partial charge in [0.2, 0.25) is 0 Å². The van der Waals surface area contributed by atoms with E-state index in [2.05, 4.69) is 15.1 Å². The van der Waals surface area contributed by atoms with Crippen LogP contribution in [0.2, 0.25) is 0 Å². The van der Waals surface area contributed by atoms with Crippen LogP contribution in [0.1, 0.15) is 25.7 Å². The summed E-state index contributed by atoms with van der Waals surface area (Å²) in [6, 6.07) is 3.27. The second-order valence-electron chi connectivity index (χ2n) is 4.19. The van der Waals surface area contributed by atoms with Crippen LogP contribution in [-0.2, 0) is 4.74 Å². The predicted molar refractivity (Wildman–Crippen MR) is 65.5 cm³/mol. The molecule has 0 aliphatic carbocycles. The van der Waals surface area contributed by atoms with Crippen molar-refractivity contribution in [1.29, 1.82) is 0 Å². The van der Waals surface area contributed by atoms with Gasteiger partial charge in [-0.2, -0.15) is 4.98 Å². The summed E-state index contributed by atoms with van der Waals surface area (Å²) in [4.78, 5) is 8.23. The Balaban J connectivity index is 2.06. The molecule has 6 heteroatoms. The first kappa shape index (κ1) is 12.7. The van der Waals surface area contributed by atoms with Crippen LogP contribution < -0.4 is 5.73 Å². The van der Waals surface area contributed by atoms with Crippen molar-refractivity contribution in [1.82, 2.24) is 15.1 Å². The fourth-order valence-corrected chi connectivity index (χ4v) is 1.36. The van der Waals surface area contributed by atoms with E-state index >= 15 is 0 Å². The van der Waals surface area contributed by atoms with Gasteiger partial charge in [0.1, 0.15) is 0 Å². The number of nitrogens with two attached hydrogens (primary N) is 1. The number of nitrogens with zero attached hydrogens (tertiary/aromatic N) is 3. The molecular formula is C12H16N4O2. The Morgan fingerprint density at radius 3 is 2.94 bits per heavy atom. The average molecular weight is 248 g/mol. The Hall–Kier alpha value is -1.79. The van der Waals surface area contributed by atoms with Gasteiger partial charge in [-0.05, 0) is 26.0 Å². The van der Waals surface area contributed by atoms with Gasteiger partial charge < -0.3 is 15.0 Å². The van der Waals surface area contributed by atoms with E-state index < -0.39 is 0 Å². The maximum Gasteiger partial charge on any atom is 0.259 e. The molecule has 0 spiro atoms. The van der Waals surface area contributed by atoms with Crippen molar-refractivity contribution in [2.75, 3.05) is 6.61 Å². The quantitative estimate of drug-likeness (QED) is 0.863. The third-order valence-electron chi connectivity index (χ3n) is 2.29. The van der Waals surface area contributed by atoms with Crippen LogP contribution in [0, 0.1) is 0 Å². The van der Waals surface area contributed by atoms with Gasteiger partial charge in [0.15, 0.2) is 5.82 Å². The summed E-state index contributed by atoms with van der Waals surface area (Å²) in [5, 5.41) is 3.85. The fraction of sp³-hybridized carbons (Fsp3) is 0.417. The molecule has 2 heterocycles. The number of rotatable bonds is 5. The molecule has 2 rings (SSSR count). The van der Waals surface area contributed by atoms with Crippen LogP contribution in [0.4, 0.5) is 0 Å². The Morgan fingerprint density at radius 1 is 1.44 bits per heavy atom. The van der Waals surface area contributed by atoms with Crippen LogP contribution >= 0.6 is 0 Å². The Morgan fingerprint density at radius 2 is 2.28 bits per heavy atom. The summed E-state index contributed by atoms with van der Waals surface area (Å²) >= 11 is 0. The van der Waals surface area contributed by atoms with Gasteiger partial charge in [-0.15, -0.1) is 0 Å². The van der Waals surface area contributed by atoms with Gasteiger partial charge >= 0.3 is 0 Å². The highest BCUT2D eigenvalue weighted by molar-refractivity contribution is 5.50. The zero-order valence-electron chi connectivity index (χ0n) is 10.4. The first-order valence-corrected chi connectivity index (χ1v) is 5.78. The number of ether oxygens (including phenoxy) is 1. The SMILES string of the molecule is CC(C)OCC(N)c1noc(-c2cccnc2)n1. The lowest BCUT2D eigenvalue weighted by Crippen LogP contribution is -2.20. The highest BCUT2D eigenvalue weighted by Gasteiger charge is 2.16. The van der Waals surface area contributed by atoms with Gasteiger partial charge in [-0.3, -0.25) is 4.98 Å². The standard InChI is InChI=1S/C12H16N4O2/c1-8(2)17-7-10(13)11-15-12(18-16-11)9-4-3-5-14-6-9/h3-6,8,10H,7,13H2,1-2H3. The summed E-state index contributed by atoms with van der Waals surface area (Å²) < 4.78 is 10.6. The van der Waals surface area contributed by atoms with Crippen LogP contribution in [0.5, 0.6) is 0 Å². The molecule has 0 saturated heterocycles. The minimum atomic E-state index is -0.387. The van der Waals surface area contributed by atoms with Crippen molar-refractivity contribution in [2.45, 2.75) is 26.0 Å². The zero-order valence-corrected chi connectivity index (χ0v) is 10.4. The third kappa shape index (κ3) is 3.12. The second kappa shape index (κ2) is 5.70. The molecular weight excluding hydrogens is 232 g/mol. The molecule has 2 aromatic heterocycles. The summed E-state index contributed by atoms with van der Waals surface area (Å²) in [5.41, 5.74) is 6.68. The Kier molecular flexibility index (Phi) is 4.01. The van der Waals surface area contributed by atoms with E-state index in [4.69, 9.17) is 15.0 Å². The van der Waals surface area contributed by atoms with Crippen LogP contribution in [-0.4, -0.2) is 27.8 Å². The lowest BCUT2D eigenvalue weighted by molar-refractivity contribution is 0.0665. The van der Waals surface area contributed by atoms with Crippen molar-refractivity contribution >= 4 is 0 Å². The molecule has 6 nitrogen and oxygen atoms in total. The van der Waals surface area contributed by atoms with Crippen molar-refractivity contribution in [3.63, 3.8) is 0 Å². The van der Waals surface area contributed by atoms with E-state index in [1.54, 1.807) is 18.5 Å². The molecule has 0 aliphatic heterocycles. The summed E-state index contributed by atoms with van der Waals surface area (Å²) in [6.07, 6.45) is 3.47. The number of hydrogen-bond acceptors (Lipinski definition) is 6. The number of pyridine rings is 1. The summed E-state index contributed by atoms with van der Waals surface area (Å²) in [7, 11) is 0. The van der Waals surface area contributed by atoms with Crippen LogP contribution in [0.3, 0.4) is 0 Å². The molecule has 0 saturated carbocycles. The molecule has 1 unspecified atom stereocenters. The van der Waals surface area contributed by atoms with E-state index in [1.165, 1.54) is 0 Å². The number of aromatic nitrogens is 3.